The number of hydrogen-bond acceptors (Lipinski definition) is 4. The Morgan fingerprint density at radius 3 is 2.66 bits per heavy atom. The lowest BCUT2D eigenvalue weighted by molar-refractivity contribution is -0.126. The normalized spacial score (nSPS) is 16.4. The van der Waals surface area contributed by atoms with Gasteiger partial charge in [-0.3, -0.25) is 4.79 Å². The van der Waals surface area contributed by atoms with E-state index in [4.69, 9.17) is 14.2 Å². The molecule has 0 spiro atoms. The zero-order valence-electron chi connectivity index (χ0n) is 17.6. The Kier molecular flexibility index (Phi) is 6.81. The van der Waals surface area contributed by atoms with Crippen LogP contribution in [0, 0.1) is 0 Å². The Morgan fingerprint density at radius 1 is 1.10 bits per heavy atom. The van der Waals surface area contributed by atoms with Crippen molar-refractivity contribution < 1.29 is 19.0 Å². The molecule has 1 unspecified atom stereocenters. The maximum absolute atomic E-state index is 12.9. The summed E-state index contributed by atoms with van der Waals surface area (Å²) in [5, 5.41) is 0. The van der Waals surface area contributed by atoms with Crippen molar-refractivity contribution in [2.45, 2.75) is 38.8 Å². The van der Waals surface area contributed by atoms with E-state index in [2.05, 4.69) is 6.07 Å². The van der Waals surface area contributed by atoms with Gasteiger partial charge in [0.15, 0.2) is 11.5 Å². The van der Waals surface area contributed by atoms with Crippen molar-refractivity contribution in [3.63, 3.8) is 0 Å². The van der Waals surface area contributed by atoms with E-state index in [1.54, 1.807) is 20.3 Å². The quantitative estimate of drug-likeness (QED) is 0.628. The van der Waals surface area contributed by atoms with Crippen LogP contribution in [0.15, 0.2) is 48.5 Å². The molecule has 1 atom stereocenters. The van der Waals surface area contributed by atoms with Gasteiger partial charge >= 0.3 is 0 Å². The predicted molar refractivity (Wildman–Crippen MR) is 114 cm³/mol. The number of amides is 1. The van der Waals surface area contributed by atoms with Crippen molar-refractivity contribution >= 4 is 12.0 Å². The first kappa shape index (κ1) is 20.8. The molecule has 154 valence electrons. The van der Waals surface area contributed by atoms with Gasteiger partial charge in [-0.1, -0.05) is 18.2 Å². The molecule has 0 bridgehead atoms. The van der Waals surface area contributed by atoms with Crippen LogP contribution in [0.25, 0.3) is 6.08 Å². The minimum atomic E-state index is 0.0109. The fraction of sp³-hybridized carbons (Fsp3) is 0.375. The average molecular weight is 395 g/mol. The second kappa shape index (κ2) is 9.50. The minimum absolute atomic E-state index is 0.0109. The van der Waals surface area contributed by atoms with Crippen molar-refractivity contribution in [1.29, 1.82) is 0 Å². The maximum atomic E-state index is 12.9. The van der Waals surface area contributed by atoms with Gasteiger partial charge in [0.1, 0.15) is 5.75 Å². The van der Waals surface area contributed by atoms with E-state index in [1.807, 2.05) is 61.2 Å². The number of methoxy groups -OCH3 is 2. The number of rotatable bonds is 7. The van der Waals surface area contributed by atoms with E-state index in [9.17, 15) is 4.79 Å². The van der Waals surface area contributed by atoms with Crippen molar-refractivity contribution in [2.75, 3.05) is 20.8 Å². The SMILES string of the molecule is COc1cccc(C2CCCN2C(=O)/C=C/c2ccc(OC(C)C)c(OC)c2)c1. The van der Waals surface area contributed by atoms with Crippen LogP contribution in [0.2, 0.25) is 0 Å². The Balaban J connectivity index is 1.74. The first-order valence-electron chi connectivity index (χ1n) is 9.99. The highest BCUT2D eigenvalue weighted by atomic mass is 16.5. The Morgan fingerprint density at radius 2 is 1.93 bits per heavy atom. The van der Waals surface area contributed by atoms with Crippen molar-refractivity contribution in [1.82, 2.24) is 4.90 Å². The summed E-state index contributed by atoms with van der Waals surface area (Å²) >= 11 is 0. The number of carbonyl (C=O) groups is 1. The van der Waals surface area contributed by atoms with Crippen molar-refractivity contribution in [2.24, 2.45) is 0 Å². The number of hydrogen-bond donors (Lipinski definition) is 0. The Labute approximate surface area is 172 Å². The first-order valence-corrected chi connectivity index (χ1v) is 9.99. The van der Waals surface area contributed by atoms with Gasteiger partial charge in [0, 0.05) is 12.6 Å². The molecule has 1 saturated heterocycles. The van der Waals surface area contributed by atoms with Crippen LogP contribution < -0.4 is 14.2 Å². The number of ether oxygens (including phenoxy) is 3. The van der Waals surface area contributed by atoms with Gasteiger partial charge in [-0.15, -0.1) is 0 Å². The number of carbonyl (C=O) groups excluding carboxylic acids is 1. The van der Waals surface area contributed by atoms with Gasteiger partial charge in [0.2, 0.25) is 5.91 Å². The standard InChI is InChI=1S/C24H29NO4/c1-17(2)29-22-12-10-18(15-23(22)28-4)11-13-24(26)25-14-6-9-21(25)19-7-5-8-20(16-19)27-3/h5,7-8,10-13,15-17,21H,6,9,14H2,1-4H3/b13-11+. The van der Waals surface area contributed by atoms with Gasteiger partial charge in [-0.05, 0) is 68.2 Å². The Hall–Kier alpha value is -2.95. The van der Waals surface area contributed by atoms with E-state index < -0.39 is 0 Å². The molecule has 0 saturated carbocycles. The molecule has 5 heteroatoms. The Bertz CT molecular complexity index is 875. The van der Waals surface area contributed by atoms with Crippen LogP contribution in [0.4, 0.5) is 0 Å². The lowest BCUT2D eigenvalue weighted by atomic mass is 10.0. The van der Waals surface area contributed by atoms with Crippen molar-refractivity contribution in [3.05, 3.63) is 59.7 Å². The molecule has 0 radical (unpaired) electrons. The smallest absolute Gasteiger partial charge is 0.247 e. The number of nitrogens with zero attached hydrogens (tertiary/aromatic N) is 1. The first-order chi connectivity index (χ1) is 14.0. The zero-order valence-corrected chi connectivity index (χ0v) is 17.6. The molecular weight excluding hydrogens is 366 g/mol. The molecule has 29 heavy (non-hydrogen) atoms. The maximum Gasteiger partial charge on any atom is 0.247 e. The molecule has 1 aliphatic rings. The fourth-order valence-electron chi connectivity index (χ4n) is 3.63. The van der Waals surface area contributed by atoms with E-state index in [0.29, 0.717) is 11.5 Å². The van der Waals surface area contributed by atoms with Crippen LogP contribution in [0.5, 0.6) is 17.2 Å². The average Bonchev–Trinajstić information content (AvgIpc) is 3.22. The molecular formula is C24H29NO4. The monoisotopic (exact) mass is 395 g/mol. The lowest BCUT2D eigenvalue weighted by Crippen LogP contribution is -2.28. The summed E-state index contributed by atoms with van der Waals surface area (Å²) in [6.45, 7) is 4.71. The minimum Gasteiger partial charge on any atom is -0.497 e. The van der Waals surface area contributed by atoms with Crippen LogP contribution >= 0.6 is 0 Å². The molecule has 1 heterocycles. The summed E-state index contributed by atoms with van der Waals surface area (Å²) in [4.78, 5) is 14.8. The third-order valence-electron chi connectivity index (χ3n) is 4.98. The van der Waals surface area contributed by atoms with Crippen LogP contribution in [-0.2, 0) is 4.79 Å². The second-order valence-corrected chi connectivity index (χ2v) is 7.38. The molecule has 0 N–H and O–H groups in total. The summed E-state index contributed by atoms with van der Waals surface area (Å²) < 4.78 is 16.5. The molecule has 2 aromatic rings. The van der Waals surface area contributed by atoms with Crippen LogP contribution in [0.1, 0.15) is 43.9 Å². The van der Waals surface area contributed by atoms with Gasteiger partial charge in [-0.2, -0.15) is 0 Å². The summed E-state index contributed by atoms with van der Waals surface area (Å²) in [6, 6.07) is 13.7. The van der Waals surface area contributed by atoms with E-state index >= 15 is 0 Å². The van der Waals surface area contributed by atoms with Crippen molar-refractivity contribution in [3.8, 4) is 17.2 Å². The second-order valence-electron chi connectivity index (χ2n) is 7.38. The molecule has 3 rings (SSSR count). The number of likely N-dealkylation sites (tertiary alicyclic amines) is 1. The third-order valence-corrected chi connectivity index (χ3v) is 4.98. The molecule has 0 aromatic heterocycles. The number of benzene rings is 2. The van der Waals surface area contributed by atoms with Gasteiger partial charge in [0.25, 0.3) is 0 Å². The molecule has 2 aromatic carbocycles. The molecule has 1 fully saturated rings. The van der Waals surface area contributed by atoms with Gasteiger partial charge in [-0.25, -0.2) is 0 Å². The summed E-state index contributed by atoms with van der Waals surface area (Å²) in [5.41, 5.74) is 2.00. The van der Waals surface area contributed by atoms with Gasteiger partial charge < -0.3 is 19.1 Å². The summed E-state index contributed by atoms with van der Waals surface area (Å²) in [6.07, 6.45) is 5.48. The molecule has 1 amide bonds. The molecule has 5 nitrogen and oxygen atoms in total. The highest BCUT2D eigenvalue weighted by molar-refractivity contribution is 5.92. The van der Waals surface area contributed by atoms with Crippen LogP contribution in [0.3, 0.4) is 0 Å². The van der Waals surface area contributed by atoms with E-state index in [-0.39, 0.29) is 18.1 Å². The van der Waals surface area contributed by atoms with E-state index in [0.717, 1.165) is 36.3 Å². The highest BCUT2D eigenvalue weighted by Crippen LogP contribution is 2.34. The lowest BCUT2D eigenvalue weighted by Gasteiger charge is -2.24. The summed E-state index contributed by atoms with van der Waals surface area (Å²) in [7, 11) is 3.27. The predicted octanol–water partition coefficient (Wildman–Crippen LogP) is 4.87. The highest BCUT2D eigenvalue weighted by Gasteiger charge is 2.28. The summed E-state index contributed by atoms with van der Waals surface area (Å²) in [5.74, 6) is 2.18. The topological polar surface area (TPSA) is 48.0 Å². The zero-order chi connectivity index (χ0) is 20.8. The molecule has 0 aliphatic carbocycles. The third kappa shape index (κ3) is 5.11. The van der Waals surface area contributed by atoms with Crippen LogP contribution in [-0.4, -0.2) is 37.7 Å². The molecule has 1 aliphatic heterocycles. The largest absolute Gasteiger partial charge is 0.497 e. The fourth-order valence-corrected chi connectivity index (χ4v) is 3.63. The van der Waals surface area contributed by atoms with E-state index in [1.165, 1.54) is 0 Å². The van der Waals surface area contributed by atoms with Gasteiger partial charge in [0.05, 0.1) is 26.4 Å².